The molecule has 2 saturated carbocycles. The van der Waals surface area contributed by atoms with E-state index < -0.39 is 69.7 Å². The Morgan fingerprint density at radius 3 is 2.07 bits per heavy atom. The topological polar surface area (TPSA) is 130 Å². The molecule has 3 unspecified atom stereocenters. The van der Waals surface area contributed by atoms with E-state index in [0.717, 1.165) is 19.3 Å². The average molecular weight is 617 g/mol. The highest BCUT2D eigenvalue weighted by Gasteiger charge is 2.87. The fourth-order valence-corrected chi connectivity index (χ4v) is 9.20. The molecule has 0 aromatic heterocycles. The lowest BCUT2D eigenvalue weighted by Gasteiger charge is -2.53. The highest BCUT2D eigenvalue weighted by molar-refractivity contribution is 6.04. The Hall–Kier alpha value is -2.03. The van der Waals surface area contributed by atoms with Crippen molar-refractivity contribution in [2.45, 2.75) is 148 Å². The van der Waals surface area contributed by atoms with Gasteiger partial charge in [-0.15, -0.1) is 0 Å². The Kier molecular flexibility index (Phi) is 10.6. The van der Waals surface area contributed by atoms with E-state index in [1.54, 1.807) is 26.0 Å². The zero-order chi connectivity index (χ0) is 32.5. The van der Waals surface area contributed by atoms with E-state index >= 15 is 0 Å². The number of fused-ring (bicyclic) bond motifs is 5. The number of Topliss-reactive ketones (excluding diaryl/α,β-unsaturated/α-hetero) is 1. The van der Waals surface area contributed by atoms with Crippen molar-refractivity contribution in [3.8, 4) is 0 Å². The minimum Gasteiger partial charge on any atom is -0.458 e. The second-order valence-electron chi connectivity index (χ2n) is 14.7. The van der Waals surface area contributed by atoms with Crippen LogP contribution in [-0.2, 0) is 23.9 Å². The number of unbranched alkanes of at least 4 members (excludes halogenated alkanes) is 10. The zero-order valence-electron chi connectivity index (χ0n) is 27.8. The molecule has 0 saturated heterocycles. The molecule has 0 bridgehead atoms. The number of hydrogen-bond acceptors (Lipinski definition) is 8. The fourth-order valence-electron chi connectivity index (χ4n) is 9.20. The third-order valence-corrected chi connectivity index (χ3v) is 11.5. The van der Waals surface area contributed by atoms with Crippen molar-refractivity contribution < 1.29 is 39.2 Å². The van der Waals surface area contributed by atoms with Crippen LogP contribution in [0.1, 0.15) is 125 Å². The monoisotopic (exact) mass is 616 g/mol. The van der Waals surface area contributed by atoms with Gasteiger partial charge in [0.05, 0.1) is 12.2 Å². The first-order chi connectivity index (χ1) is 20.7. The van der Waals surface area contributed by atoms with Crippen molar-refractivity contribution in [3.63, 3.8) is 0 Å². The number of carbonyl (C=O) groups excluding carboxylic acids is 3. The molecule has 8 atom stereocenters. The largest absolute Gasteiger partial charge is 0.458 e. The number of ether oxygens (including phenoxy) is 2. The first-order valence-corrected chi connectivity index (χ1v) is 17.1. The van der Waals surface area contributed by atoms with Crippen LogP contribution >= 0.6 is 0 Å². The Labute approximate surface area is 263 Å². The molecule has 0 heterocycles. The summed E-state index contributed by atoms with van der Waals surface area (Å²) >= 11 is 0. The van der Waals surface area contributed by atoms with E-state index in [0.29, 0.717) is 17.6 Å². The molecule has 4 aliphatic carbocycles. The van der Waals surface area contributed by atoms with Crippen LogP contribution in [0, 0.1) is 29.1 Å². The van der Waals surface area contributed by atoms with Gasteiger partial charge in [0.1, 0.15) is 11.7 Å². The standard InChI is InChI=1S/C36H56O8/c1-7-8-9-10-11-12-13-14-15-16-17-18-29(39)43-32-24(3)35(42)27(30-33(5,6)36(30,32)44-25(4)38)20-26(22-37)21-34(41)28(35)19-23(2)31(34)40/h19-20,24,27-28,30,32,37,41-42H,7-18,21-22H2,1-6H3/t24?,27?,28-,30+,32?,34+,35+,36+/m0/s1. The maximum Gasteiger partial charge on any atom is 0.306 e. The lowest BCUT2D eigenvalue weighted by molar-refractivity contribution is -0.228. The van der Waals surface area contributed by atoms with Gasteiger partial charge in [0.15, 0.2) is 11.4 Å². The van der Waals surface area contributed by atoms with Crippen molar-refractivity contribution >= 4 is 17.7 Å². The molecule has 0 aromatic carbocycles. The van der Waals surface area contributed by atoms with Gasteiger partial charge >= 0.3 is 11.9 Å². The highest BCUT2D eigenvalue weighted by atomic mass is 16.6. The molecule has 44 heavy (non-hydrogen) atoms. The van der Waals surface area contributed by atoms with Crippen molar-refractivity contribution in [1.29, 1.82) is 0 Å². The van der Waals surface area contributed by atoms with Crippen LogP contribution < -0.4 is 0 Å². The summed E-state index contributed by atoms with van der Waals surface area (Å²) in [5, 5.41) is 34.8. The Bertz CT molecular complexity index is 1150. The summed E-state index contributed by atoms with van der Waals surface area (Å²) in [6.07, 6.45) is 15.4. The maximum absolute atomic E-state index is 13.3. The van der Waals surface area contributed by atoms with Gasteiger partial charge in [-0.3, -0.25) is 14.4 Å². The molecule has 3 N–H and O–H groups in total. The van der Waals surface area contributed by atoms with Crippen LogP contribution in [0.2, 0.25) is 0 Å². The van der Waals surface area contributed by atoms with E-state index in [1.165, 1.54) is 51.9 Å². The molecular weight excluding hydrogens is 560 g/mol. The van der Waals surface area contributed by atoms with E-state index in [2.05, 4.69) is 6.92 Å². The van der Waals surface area contributed by atoms with E-state index in [1.807, 2.05) is 13.8 Å². The average Bonchev–Trinajstić information content (AvgIpc) is 3.38. The molecule has 0 aliphatic heterocycles. The van der Waals surface area contributed by atoms with Gasteiger partial charge in [0, 0.05) is 48.9 Å². The maximum atomic E-state index is 13.3. The van der Waals surface area contributed by atoms with E-state index in [-0.39, 0.29) is 19.4 Å². The first-order valence-electron chi connectivity index (χ1n) is 17.1. The molecule has 0 radical (unpaired) electrons. The summed E-state index contributed by atoms with van der Waals surface area (Å²) in [4.78, 5) is 39.1. The van der Waals surface area contributed by atoms with Crippen LogP contribution in [0.25, 0.3) is 0 Å². The predicted molar refractivity (Wildman–Crippen MR) is 167 cm³/mol. The Morgan fingerprint density at radius 2 is 1.52 bits per heavy atom. The van der Waals surface area contributed by atoms with Gasteiger partial charge in [0.2, 0.25) is 0 Å². The van der Waals surface area contributed by atoms with E-state index in [9.17, 15) is 29.7 Å². The third-order valence-electron chi connectivity index (χ3n) is 11.5. The lowest BCUT2D eigenvalue weighted by atomic mass is 9.59. The zero-order valence-corrected chi connectivity index (χ0v) is 27.8. The molecule has 8 heteroatoms. The van der Waals surface area contributed by atoms with Crippen LogP contribution in [0.5, 0.6) is 0 Å². The van der Waals surface area contributed by atoms with Gasteiger partial charge in [-0.1, -0.05) is 104 Å². The SMILES string of the molecule is CCCCCCCCCCCCCC(=O)OC1C(C)[C@@]2(O)C(C=C(CO)C[C@]3(O)C(=O)C(C)=C[C@H]23)[C@@H]2C(C)(C)[C@]12OC(C)=O. The van der Waals surface area contributed by atoms with Crippen LogP contribution in [-0.4, -0.2) is 62.6 Å². The molecular formula is C36H56O8. The van der Waals surface area contributed by atoms with Gasteiger partial charge in [-0.05, 0) is 24.5 Å². The number of carbonyl (C=O) groups is 3. The molecule has 2 fully saturated rings. The first kappa shape index (κ1) is 34.8. The van der Waals surface area contributed by atoms with Crippen LogP contribution in [0.15, 0.2) is 23.3 Å². The molecule has 0 spiro atoms. The van der Waals surface area contributed by atoms with Gasteiger partial charge < -0.3 is 24.8 Å². The van der Waals surface area contributed by atoms with Crippen LogP contribution in [0.3, 0.4) is 0 Å². The Morgan fingerprint density at radius 1 is 0.955 bits per heavy atom. The Balaban J connectivity index is 1.51. The minimum absolute atomic E-state index is 0.108. The fraction of sp³-hybridized carbons (Fsp3) is 0.806. The second-order valence-corrected chi connectivity index (χ2v) is 14.7. The van der Waals surface area contributed by atoms with Crippen molar-refractivity contribution in [1.82, 2.24) is 0 Å². The summed E-state index contributed by atoms with van der Waals surface area (Å²) in [6.45, 7) is 10.4. The smallest absolute Gasteiger partial charge is 0.306 e. The predicted octanol–water partition coefficient (Wildman–Crippen LogP) is 5.75. The number of hydrogen-bond donors (Lipinski definition) is 3. The van der Waals surface area contributed by atoms with Crippen molar-refractivity contribution in [2.24, 2.45) is 29.1 Å². The molecule has 0 aromatic rings. The van der Waals surface area contributed by atoms with Crippen LogP contribution in [0.4, 0.5) is 0 Å². The minimum atomic E-state index is -1.93. The normalized spacial score (nSPS) is 36.8. The van der Waals surface area contributed by atoms with Gasteiger partial charge in [-0.2, -0.15) is 0 Å². The van der Waals surface area contributed by atoms with Gasteiger partial charge in [0.25, 0.3) is 0 Å². The highest BCUT2D eigenvalue weighted by Crippen LogP contribution is 2.77. The molecule has 248 valence electrons. The summed E-state index contributed by atoms with van der Waals surface area (Å²) in [5.41, 5.74) is -4.71. The molecule has 8 nitrogen and oxygen atoms in total. The number of ketones is 1. The van der Waals surface area contributed by atoms with Crippen molar-refractivity contribution in [2.75, 3.05) is 6.61 Å². The second kappa shape index (κ2) is 13.4. The number of aliphatic hydroxyl groups is 3. The molecule has 0 amide bonds. The summed E-state index contributed by atoms with van der Waals surface area (Å²) < 4.78 is 12.3. The summed E-state index contributed by atoms with van der Waals surface area (Å²) in [6, 6.07) is 0. The quantitative estimate of drug-likeness (QED) is 0.120. The van der Waals surface area contributed by atoms with Crippen molar-refractivity contribution in [3.05, 3.63) is 23.3 Å². The molecule has 4 aliphatic rings. The third kappa shape index (κ3) is 5.84. The number of aliphatic hydroxyl groups excluding tert-OH is 1. The summed E-state index contributed by atoms with van der Waals surface area (Å²) in [5.74, 6) is -4.29. The lowest BCUT2D eigenvalue weighted by Crippen LogP contribution is -2.66. The number of esters is 2. The number of rotatable bonds is 15. The van der Waals surface area contributed by atoms with Gasteiger partial charge in [-0.25, -0.2) is 0 Å². The molecule has 4 rings (SSSR count). The van der Waals surface area contributed by atoms with E-state index in [4.69, 9.17) is 9.47 Å². The summed E-state index contributed by atoms with van der Waals surface area (Å²) in [7, 11) is 0.